The van der Waals surface area contributed by atoms with Crippen LogP contribution in [0.25, 0.3) is 33.1 Å². The lowest BCUT2D eigenvalue weighted by atomic mass is 10.0. The zero-order valence-corrected chi connectivity index (χ0v) is 14.8. The van der Waals surface area contributed by atoms with Crippen LogP contribution in [0.3, 0.4) is 0 Å². The number of fused-ring (bicyclic) bond motifs is 2. The second kappa shape index (κ2) is 6.29. The standard InChI is InChI=1S/C22H17N3O2/c1-25-22(8-9-24-25)26-14-15-6-7-17-12-23-13-19(18(17)10-15)21-11-16-4-2-3-5-20(16)27-21/h2-13H,14H2,1H3. The lowest BCUT2D eigenvalue weighted by Gasteiger charge is -2.09. The summed E-state index contributed by atoms with van der Waals surface area (Å²) in [6, 6.07) is 18.2. The molecule has 0 N–H and O–H groups in total. The number of aryl methyl sites for hydroxylation is 1. The van der Waals surface area contributed by atoms with Crippen LogP contribution in [0.5, 0.6) is 5.88 Å². The minimum absolute atomic E-state index is 0.470. The molecular formula is C22H17N3O2. The normalized spacial score (nSPS) is 11.3. The second-order valence-electron chi connectivity index (χ2n) is 6.47. The van der Waals surface area contributed by atoms with E-state index < -0.39 is 0 Å². The summed E-state index contributed by atoms with van der Waals surface area (Å²) in [5.74, 6) is 1.56. The Morgan fingerprint density at radius 2 is 1.93 bits per heavy atom. The summed E-state index contributed by atoms with van der Waals surface area (Å²) in [5, 5.41) is 7.37. The minimum Gasteiger partial charge on any atom is -0.473 e. The first-order valence-corrected chi connectivity index (χ1v) is 8.74. The van der Waals surface area contributed by atoms with Crippen LogP contribution >= 0.6 is 0 Å². The Kier molecular flexibility index (Phi) is 3.64. The molecule has 0 fully saturated rings. The van der Waals surface area contributed by atoms with Crippen molar-refractivity contribution in [2.24, 2.45) is 7.05 Å². The van der Waals surface area contributed by atoms with Crippen molar-refractivity contribution in [3.8, 4) is 17.2 Å². The topological polar surface area (TPSA) is 53.1 Å². The summed E-state index contributed by atoms with van der Waals surface area (Å²) in [4.78, 5) is 4.38. The molecule has 27 heavy (non-hydrogen) atoms. The third-order valence-electron chi connectivity index (χ3n) is 4.68. The molecule has 0 amide bonds. The SMILES string of the molecule is Cn1nccc1OCc1ccc2cncc(-c3cc4ccccc4o3)c2c1. The van der Waals surface area contributed by atoms with Crippen molar-refractivity contribution in [1.82, 2.24) is 14.8 Å². The minimum atomic E-state index is 0.470. The predicted octanol–water partition coefficient (Wildman–Crippen LogP) is 4.96. The fourth-order valence-corrected chi connectivity index (χ4v) is 3.27. The Morgan fingerprint density at radius 3 is 2.78 bits per heavy atom. The van der Waals surface area contributed by atoms with Crippen molar-refractivity contribution < 1.29 is 9.15 Å². The van der Waals surface area contributed by atoms with Crippen LogP contribution in [0.1, 0.15) is 5.56 Å². The molecule has 5 rings (SSSR count). The molecule has 0 saturated carbocycles. The maximum Gasteiger partial charge on any atom is 0.211 e. The van der Waals surface area contributed by atoms with Gasteiger partial charge in [0.05, 0.1) is 6.20 Å². The lowest BCUT2D eigenvalue weighted by molar-refractivity contribution is 0.279. The highest BCUT2D eigenvalue weighted by molar-refractivity contribution is 5.97. The zero-order chi connectivity index (χ0) is 18.2. The van der Waals surface area contributed by atoms with Crippen LogP contribution in [-0.2, 0) is 13.7 Å². The van der Waals surface area contributed by atoms with E-state index in [9.17, 15) is 0 Å². The molecule has 0 aliphatic heterocycles. The van der Waals surface area contributed by atoms with Gasteiger partial charge in [-0.05, 0) is 29.1 Å². The largest absolute Gasteiger partial charge is 0.473 e. The first kappa shape index (κ1) is 15.6. The van der Waals surface area contributed by atoms with Gasteiger partial charge in [-0.25, -0.2) is 4.68 Å². The van der Waals surface area contributed by atoms with Crippen molar-refractivity contribution in [2.45, 2.75) is 6.61 Å². The number of nitrogens with zero attached hydrogens (tertiary/aromatic N) is 3. The van der Waals surface area contributed by atoms with E-state index in [4.69, 9.17) is 9.15 Å². The quantitative estimate of drug-likeness (QED) is 0.457. The van der Waals surface area contributed by atoms with E-state index in [1.165, 1.54) is 0 Å². The molecule has 132 valence electrons. The maximum atomic E-state index is 6.05. The zero-order valence-electron chi connectivity index (χ0n) is 14.8. The van der Waals surface area contributed by atoms with Crippen LogP contribution in [0, 0.1) is 0 Å². The molecule has 3 aromatic heterocycles. The van der Waals surface area contributed by atoms with Crippen molar-refractivity contribution >= 4 is 21.7 Å². The first-order chi connectivity index (χ1) is 13.3. The fraction of sp³-hybridized carbons (Fsp3) is 0.0909. The molecule has 0 saturated heterocycles. The third-order valence-corrected chi connectivity index (χ3v) is 4.68. The van der Waals surface area contributed by atoms with Gasteiger partial charge in [-0.1, -0.05) is 30.3 Å². The molecule has 0 unspecified atom stereocenters. The molecule has 0 radical (unpaired) electrons. The summed E-state index contributed by atoms with van der Waals surface area (Å²) in [5.41, 5.74) is 2.93. The molecule has 2 aromatic carbocycles. The Morgan fingerprint density at radius 1 is 1.00 bits per heavy atom. The summed E-state index contributed by atoms with van der Waals surface area (Å²) < 4.78 is 13.6. The van der Waals surface area contributed by atoms with Crippen molar-refractivity contribution in [1.29, 1.82) is 0 Å². The van der Waals surface area contributed by atoms with E-state index in [1.807, 2.05) is 49.8 Å². The van der Waals surface area contributed by atoms with Gasteiger partial charge >= 0.3 is 0 Å². The van der Waals surface area contributed by atoms with E-state index in [0.717, 1.165) is 44.5 Å². The summed E-state index contributed by atoms with van der Waals surface area (Å²) in [6.45, 7) is 0.470. The number of hydrogen-bond donors (Lipinski definition) is 0. The van der Waals surface area contributed by atoms with E-state index in [0.29, 0.717) is 6.61 Å². The van der Waals surface area contributed by atoms with E-state index >= 15 is 0 Å². The highest BCUT2D eigenvalue weighted by Crippen LogP contribution is 2.32. The van der Waals surface area contributed by atoms with Crippen LogP contribution in [0.2, 0.25) is 0 Å². The molecule has 5 heteroatoms. The Hall–Kier alpha value is -3.60. The van der Waals surface area contributed by atoms with Gasteiger partial charge in [-0.15, -0.1) is 0 Å². The number of aromatic nitrogens is 3. The molecule has 0 aliphatic carbocycles. The first-order valence-electron chi connectivity index (χ1n) is 8.74. The average molecular weight is 355 g/mol. The van der Waals surface area contributed by atoms with Crippen LogP contribution in [0.4, 0.5) is 0 Å². The molecule has 3 heterocycles. The van der Waals surface area contributed by atoms with Crippen molar-refractivity contribution in [3.63, 3.8) is 0 Å². The molecule has 0 aliphatic rings. The van der Waals surface area contributed by atoms with Crippen LogP contribution < -0.4 is 4.74 Å². The van der Waals surface area contributed by atoms with Crippen LogP contribution in [0.15, 0.2) is 77.6 Å². The highest BCUT2D eigenvalue weighted by Gasteiger charge is 2.11. The van der Waals surface area contributed by atoms with Gasteiger partial charge in [0, 0.05) is 41.8 Å². The summed E-state index contributed by atoms with van der Waals surface area (Å²) in [7, 11) is 1.86. The number of benzene rings is 2. The van der Waals surface area contributed by atoms with Crippen molar-refractivity contribution in [3.05, 3.63) is 78.8 Å². The monoisotopic (exact) mass is 355 g/mol. The number of hydrogen-bond acceptors (Lipinski definition) is 4. The predicted molar refractivity (Wildman–Crippen MR) is 104 cm³/mol. The average Bonchev–Trinajstić information content (AvgIpc) is 3.31. The molecular weight excluding hydrogens is 338 g/mol. The molecule has 0 bridgehead atoms. The number of ether oxygens (including phenoxy) is 1. The second-order valence-corrected chi connectivity index (χ2v) is 6.47. The van der Waals surface area contributed by atoms with E-state index in [2.05, 4.69) is 34.3 Å². The molecule has 5 aromatic rings. The van der Waals surface area contributed by atoms with Gasteiger partial charge in [0.2, 0.25) is 5.88 Å². The van der Waals surface area contributed by atoms with Gasteiger partial charge in [-0.2, -0.15) is 5.10 Å². The Labute approximate surface area is 155 Å². The number of para-hydroxylation sites is 1. The Bertz CT molecular complexity index is 1220. The smallest absolute Gasteiger partial charge is 0.211 e. The van der Waals surface area contributed by atoms with Gasteiger partial charge in [-0.3, -0.25) is 4.98 Å². The molecule has 0 atom stereocenters. The summed E-state index contributed by atoms with van der Waals surface area (Å²) >= 11 is 0. The third kappa shape index (κ3) is 2.83. The molecule has 0 spiro atoms. The van der Waals surface area contributed by atoms with E-state index in [-0.39, 0.29) is 0 Å². The maximum absolute atomic E-state index is 6.05. The summed E-state index contributed by atoms with van der Waals surface area (Å²) in [6.07, 6.45) is 5.44. The van der Waals surface area contributed by atoms with Gasteiger partial charge in [0.15, 0.2) is 0 Å². The van der Waals surface area contributed by atoms with Crippen LogP contribution in [-0.4, -0.2) is 14.8 Å². The highest BCUT2D eigenvalue weighted by atomic mass is 16.5. The lowest BCUT2D eigenvalue weighted by Crippen LogP contribution is -2.01. The van der Waals surface area contributed by atoms with Gasteiger partial charge in [0.1, 0.15) is 18.0 Å². The van der Waals surface area contributed by atoms with E-state index in [1.54, 1.807) is 10.9 Å². The van der Waals surface area contributed by atoms with Gasteiger partial charge < -0.3 is 9.15 Å². The molecule has 5 nitrogen and oxygen atoms in total. The fourth-order valence-electron chi connectivity index (χ4n) is 3.27. The van der Waals surface area contributed by atoms with Crippen molar-refractivity contribution in [2.75, 3.05) is 0 Å². The Balaban J connectivity index is 1.55. The number of furan rings is 1. The number of pyridine rings is 1. The van der Waals surface area contributed by atoms with Gasteiger partial charge in [0.25, 0.3) is 0 Å². The number of rotatable bonds is 4.